The van der Waals surface area contributed by atoms with Crippen molar-refractivity contribution in [2.45, 2.75) is 31.6 Å². The van der Waals surface area contributed by atoms with Gasteiger partial charge in [-0.3, -0.25) is 4.79 Å². The van der Waals surface area contributed by atoms with Gasteiger partial charge in [0, 0.05) is 11.6 Å². The van der Waals surface area contributed by atoms with Gasteiger partial charge in [0.25, 0.3) is 0 Å². The van der Waals surface area contributed by atoms with Crippen LogP contribution in [0.15, 0.2) is 53.7 Å². The van der Waals surface area contributed by atoms with Gasteiger partial charge < -0.3 is 9.88 Å². The van der Waals surface area contributed by atoms with Crippen molar-refractivity contribution < 1.29 is 4.79 Å². The first kappa shape index (κ1) is 17.8. The fourth-order valence-electron chi connectivity index (χ4n) is 2.79. The summed E-state index contributed by atoms with van der Waals surface area (Å²) in [6.45, 7) is 4.84. The topological polar surface area (TPSA) is 46.9 Å². The Bertz CT molecular complexity index is 893. The number of hydrogen-bond donors (Lipinski definition) is 1. The highest BCUT2D eigenvalue weighted by Crippen LogP contribution is 2.25. The highest BCUT2D eigenvalue weighted by molar-refractivity contribution is 7.99. The molecule has 0 saturated carbocycles. The van der Waals surface area contributed by atoms with E-state index in [0.29, 0.717) is 10.8 Å². The molecule has 2 aromatic carbocycles. The fourth-order valence-corrected chi connectivity index (χ4v) is 3.98. The van der Waals surface area contributed by atoms with Crippen LogP contribution in [0.5, 0.6) is 0 Å². The SMILES string of the molecule is CCn1c(SCC(=O)NC(C)c2ccccc2Cl)nc2ccccc21. The molecule has 4 nitrogen and oxygen atoms in total. The molecule has 1 aromatic heterocycles. The molecule has 3 rings (SSSR count). The second-order valence-electron chi connectivity index (χ2n) is 5.73. The van der Waals surface area contributed by atoms with Crippen LogP contribution in [0.4, 0.5) is 0 Å². The average molecular weight is 374 g/mol. The highest BCUT2D eigenvalue weighted by atomic mass is 35.5. The highest BCUT2D eigenvalue weighted by Gasteiger charge is 2.15. The third kappa shape index (κ3) is 3.99. The molecule has 1 atom stereocenters. The molecule has 0 radical (unpaired) electrons. The fraction of sp³-hybridized carbons (Fsp3) is 0.263. The average Bonchev–Trinajstić information content (AvgIpc) is 2.97. The number of aryl methyl sites for hydroxylation is 1. The van der Waals surface area contributed by atoms with Crippen LogP contribution in [-0.2, 0) is 11.3 Å². The first-order valence-corrected chi connectivity index (χ1v) is 9.58. The molecule has 130 valence electrons. The summed E-state index contributed by atoms with van der Waals surface area (Å²) < 4.78 is 2.13. The Kier molecular flexibility index (Phi) is 5.66. The Labute approximate surface area is 156 Å². The summed E-state index contributed by atoms with van der Waals surface area (Å²) in [5.74, 6) is 0.283. The number of amides is 1. The Morgan fingerprint density at radius 3 is 2.72 bits per heavy atom. The Balaban J connectivity index is 1.66. The van der Waals surface area contributed by atoms with E-state index in [1.165, 1.54) is 11.8 Å². The maximum Gasteiger partial charge on any atom is 0.230 e. The standard InChI is InChI=1S/C19H20ClN3OS/c1-3-23-17-11-7-6-10-16(17)22-19(23)25-12-18(24)21-13(2)14-8-4-5-9-15(14)20/h4-11,13H,3,12H2,1-2H3,(H,21,24). The molecule has 0 aliphatic rings. The molecule has 0 aliphatic heterocycles. The van der Waals surface area contributed by atoms with Gasteiger partial charge in [0.05, 0.1) is 22.8 Å². The molecule has 25 heavy (non-hydrogen) atoms. The van der Waals surface area contributed by atoms with Gasteiger partial charge >= 0.3 is 0 Å². The lowest BCUT2D eigenvalue weighted by Gasteiger charge is -2.15. The number of nitrogens with zero attached hydrogens (tertiary/aromatic N) is 2. The van der Waals surface area contributed by atoms with Crippen LogP contribution in [0.3, 0.4) is 0 Å². The molecular formula is C19H20ClN3OS. The molecule has 0 saturated heterocycles. The summed E-state index contributed by atoms with van der Waals surface area (Å²) >= 11 is 7.64. The lowest BCUT2D eigenvalue weighted by molar-refractivity contribution is -0.119. The number of aromatic nitrogens is 2. The number of nitrogens with one attached hydrogen (secondary N) is 1. The molecule has 1 N–H and O–H groups in total. The Hall–Kier alpha value is -1.98. The minimum absolute atomic E-state index is 0.0351. The summed E-state index contributed by atoms with van der Waals surface area (Å²) in [7, 11) is 0. The van der Waals surface area contributed by atoms with Crippen LogP contribution in [0, 0.1) is 0 Å². The van der Waals surface area contributed by atoms with E-state index < -0.39 is 0 Å². The molecule has 0 bridgehead atoms. The van der Waals surface area contributed by atoms with Gasteiger partial charge in [-0.15, -0.1) is 0 Å². The normalized spacial score (nSPS) is 12.3. The Morgan fingerprint density at radius 1 is 1.24 bits per heavy atom. The first-order valence-electron chi connectivity index (χ1n) is 8.22. The molecule has 1 heterocycles. The van der Waals surface area contributed by atoms with Crippen LogP contribution >= 0.6 is 23.4 Å². The molecule has 3 aromatic rings. The summed E-state index contributed by atoms with van der Waals surface area (Å²) in [4.78, 5) is 16.9. The second-order valence-corrected chi connectivity index (χ2v) is 7.08. The van der Waals surface area contributed by atoms with Crippen molar-refractivity contribution >= 4 is 40.3 Å². The van der Waals surface area contributed by atoms with E-state index in [0.717, 1.165) is 28.3 Å². The Morgan fingerprint density at radius 2 is 1.96 bits per heavy atom. The van der Waals surface area contributed by atoms with Crippen molar-refractivity contribution in [2.24, 2.45) is 0 Å². The summed E-state index contributed by atoms with van der Waals surface area (Å²) in [6.07, 6.45) is 0. The van der Waals surface area contributed by atoms with E-state index in [9.17, 15) is 4.79 Å². The van der Waals surface area contributed by atoms with Crippen molar-refractivity contribution in [3.63, 3.8) is 0 Å². The van der Waals surface area contributed by atoms with Gasteiger partial charge in [-0.2, -0.15) is 0 Å². The zero-order valence-electron chi connectivity index (χ0n) is 14.2. The van der Waals surface area contributed by atoms with Crippen molar-refractivity contribution in [2.75, 3.05) is 5.75 Å². The molecule has 6 heteroatoms. The quantitative estimate of drug-likeness (QED) is 0.638. The summed E-state index contributed by atoms with van der Waals surface area (Å²) in [5, 5.41) is 4.52. The van der Waals surface area contributed by atoms with Crippen molar-refractivity contribution in [3.8, 4) is 0 Å². The van der Waals surface area contributed by atoms with Crippen LogP contribution in [0.2, 0.25) is 5.02 Å². The van der Waals surface area contributed by atoms with E-state index in [4.69, 9.17) is 11.6 Å². The number of fused-ring (bicyclic) bond motifs is 1. The zero-order chi connectivity index (χ0) is 17.8. The van der Waals surface area contributed by atoms with E-state index >= 15 is 0 Å². The molecule has 1 unspecified atom stereocenters. The zero-order valence-corrected chi connectivity index (χ0v) is 15.8. The maximum absolute atomic E-state index is 12.3. The number of para-hydroxylation sites is 2. The summed E-state index contributed by atoms with van der Waals surface area (Å²) in [5.41, 5.74) is 2.97. The number of benzene rings is 2. The number of rotatable bonds is 6. The van der Waals surface area contributed by atoms with Crippen molar-refractivity contribution in [1.82, 2.24) is 14.9 Å². The van der Waals surface area contributed by atoms with Gasteiger partial charge in [-0.25, -0.2) is 4.98 Å². The number of hydrogen-bond acceptors (Lipinski definition) is 3. The number of thioether (sulfide) groups is 1. The van der Waals surface area contributed by atoms with Crippen molar-refractivity contribution in [1.29, 1.82) is 0 Å². The van der Waals surface area contributed by atoms with Crippen LogP contribution in [0.1, 0.15) is 25.5 Å². The molecule has 0 spiro atoms. The smallest absolute Gasteiger partial charge is 0.230 e. The predicted octanol–water partition coefficient (Wildman–Crippen LogP) is 4.68. The molecule has 0 aliphatic carbocycles. The van der Waals surface area contributed by atoms with Crippen LogP contribution < -0.4 is 5.32 Å². The third-order valence-electron chi connectivity index (χ3n) is 4.02. The minimum atomic E-state index is -0.133. The van der Waals surface area contributed by atoms with Gasteiger partial charge in [-0.1, -0.05) is 53.7 Å². The number of carbonyl (C=O) groups is 1. The molecule has 0 fully saturated rings. The van der Waals surface area contributed by atoms with Gasteiger partial charge in [0.2, 0.25) is 5.91 Å². The largest absolute Gasteiger partial charge is 0.349 e. The van der Waals surface area contributed by atoms with Crippen LogP contribution in [-0.4, -0.2) is 21.2 Å². The van der Waals surface area contributed by atoms with E-state index in [1.807, 2.05) is 49.4 Å². The van der Waals surface area contributed by atoms with Crippen molar-refractivity contribution in [3.05, 3.63) is 59.1 Å². The van der Waals surface area contributed by atoms with Crippen LogP contribution in [0.25, 0.3) is 11.0 Å². The second kappa shape index (κ2) is 7.93. The van der Waals surface area contributed by atoms with Gasteiger partial charge in [-0.05, 0) is 37.6 Å². The number of imidazole rings is 1. The van der Waals surface area contributed by atoms with E-state index in [-0.39, 0.29) is 11.9 Å². The first-order chi connectivity index (χ1) is 12.1. The third-order valence-corrected chi connectivity index (χ3v) is 5.34. The van der Waals surface area contributed by atoms with Gasteiger partial charge in [0.15, 0.2) is 5.16 Å². The monoisotopic (exact) mass is 373 g/mol. The minimum Gasteiger partial charge on any atom is -0.349 e. The molecular weight excluding hydrogens is 354 g/mol. The summed E-state index contributed by atoms with van der Waals surface area (Å²) in [6, 6.07) is 15.4. The van der Waals surface area contributed by atoms with E-state index in [2.05, 4.69) is 27.9 Å². The van der Waals surface area contributed by atoms with Gasteiger partial charge in [0.1, 0.15) is 0 Å². The predicted molar refractivity (Wildman–Crippen MR) is 104 cm³/mol. The lowest BCUT2D eigenvalue weighted by atomic mass is 10.1. The number of halogens is 1. The molecule has 1 amide bonds. The lowest BCUT2D eigenvalue weighted by Crippen LogP contribution is -2.28. The maximum atomic E-state index is 12.3. The number of carbonyl (C=O) groups excluding carboxylic acids is 1. The van der Waals surface area contributed by atoms with E-state index in [1.54, 1.807) is 0 Å².